The Morgan fingerprint density at radius 1 is 1.52 bits per heavy atom. The van der Waals surface area contributed by atoms with Gasteiger partial charge in [-0.15, -0.1) is 11.8 Å². The molecule has 23 heavy (non-hydrogen) atoms. The first-order chi connectivity index (χ1) is 11.1. The molecule has 0 radical (unpaired) electrons. The first-order valence-electron chi connectivity index (χ1n) is 6.82. The number of aliphatic carboxylic acids is 1. The highest BCUT2D eigenvalue weighted by Gasteiger charge is 2.44. The SMILES string of the molecule is CO.NC1CN2C(C(=O)O)=C(CSC(=O)c3ccco3)CSC12. The molecular weight excluding hydrogens is 340 g/mol. The Balaban J connectivity index is 0.000000924. The maximum Gasteiger partial charge on any atom is 0.352 e. The number of carbonyl (C=O) groups excluding carboxylic acids is 1. The van der Waals surface area contributed by atoms with Crippen LogP contribution in [0.2, 0.25) is 0 Å². The van der Waals surface area contributed by atoms with Gasteiger partial charge in [0.25, 0.3) is 5.12 Å². The highest BCUT2D eigenvalue weighted by molar-refractivity contribution is 8.14. The Hall–Kier alpha value is -1.42. The normalized spacial score (nSPS) is 22.7. The van der Waals surface area contributed by atoms with E-state index < -0.39 is 5.97 Å². The van der Waals surface area contributed by atoms with E-state index in [0.717, 1.165) is 24.4 Å². The van der Waals surface area contributed by atoms with Gasteiger partial charge in [0, 0.05) is 25.2 Å². The average molecular weight is 358 g/mol. The minimum Gasteiger partial charge on any atom is -0.477 e. The van der Waals surface area contributed by atoms with E-state index in [0.29, 0.717) is 23.7 Å². The summed E-state index contributed by atoms with van der Waals surface area (Å²) in [6, 6.07) is 3.27. The van der Waals surface area contributed by atoms with Crippen LogP contribution in [0, 0.1) is 0 Å². The Bertz CT molecular complexity index is 602. The average Bonchev–Trinajstić information content (AvgIpc) is 3.07. The minimum absolute atomic E-state index is 0.0169. The van der Waals surface area contributed by atoms with E-state index in [1.54, 1.807) is 23.9 Å². The summed E-state index contributed by atoms with van der Waals surface area (Å²) >= 11 is 2.70. The van der Waals surface area contributed by atoms with Gasteiger partial charge in [0.15, 0.2) is 5.76 Å². The molecule has 1 saturated heterocycles. The molecule has 1 aromatic rings. The second kappa shape index (κ2) is 7.91. The highest BCUT2D eigenvalue weighted by Crippen LogP contribution is 2.39. The molecule has 0 amide bonds. The number of furan rings is 1. The van der Waals surface area contributed by atoms with Crippen LogP contribution in [0.1, 0.15) is 10.6 Å². The second-order valence-electron chi connectivity index (χ2n) is 4.83. The third kappa shape index (κ3) is 3.74. The predicted molar refractivity (Wildman–Crippen MR) is 89.2 cm³/mol. The van der Waals surface area contributed by atoms with Gasteiger partial charge in [-0.1, -0.05) is 11.8 Å². The number of hydrogen-bond acceptors (Lipinski definition) is 8. The molecule has 0 saturated carbocycles. The third-order valence-electron chi connectivity index (χ3n) is 3.43. The number of aliphatic hydroxyl groups excluding tert-OH is 1. The molecule has 2 atom stereocenters. The van der Waals surface area contributed by atoms with Gasteiger partial charge in [-0.3, -0.25) is 4.79 Å². The zero-order valence-corrected chi connectivity index (χ0v) is 14.1. The van der Waals surface area contributed by atoms with E-state index in [1.165, 1.54) is 6.26 Å². The van der Waals surface area contributed by atoms with Crippen LogP contribution in [-0.4, -0.2) is 62.8 Å². The maximum absolute atomic E-state index is 11.9. The fourth-order valence-corrected chi connectivity index (χ4v) is 4.65. The summed E-state index contributed by atoms with van der Waals surface area (Å²) < 4.78 is 5.04. The second-order valence-corrected chi connectivity index (χ2v) is 6.88. The van der Waals surface area contributed by atoms with Crippen LogP contribution in [0.5, 0.6) is 0 Å². The van der Waals surface area contributed by atoms with Crippen molar-refractivity contribution in [1.82, 2.24) is 4.90 Å². The van der Waals surface area contributed by atoms with Crippen LogP contribution in [0.25, 0.3) is 0 Å². The van der Waals surface area contributed by atoms with Crippen LogP contribution in [-0.2, 0) is 4.79 Å². The molecule has 0 aliphatic carbocycles. The standard InChI is InChI=1S/C13H14N2O4S2.CH4O/c14-8-4-15-10(12(16)17)7(5-20-11(8)15)6-21-13(18)9-2-1-3-19-9;1-2/h1-3,8,11H,4-6,14H2,(H,16,17);2H,1H3. The maximum atomic E-state index is 11.9. The quantitative estimate of drug-likeness (QED) is 0.719. The molecule has 2 aliphatic rings. The van der Waals surface area contributed by atoms with E-state index in [4.69, 9.17) is 15.3 Å². The van der Waals surface area contributed by atoms with Crippen molar-refractivity contribution >= 4 is 34.6 Å². The molecule has 2 aliphatic heterocycles. The third-order valence-corrected chi connectivity index (χ3v) is 5.85. The lowest BCUT2D eigenvalue weighted by Crippen LogP contribution is -2.64. The summed E-state index contributed by atoms with van der Waals surface area (Å²) in [5.41, 5.74) is 6.95. The summed E-state index contributed by atoms with van der Waals surface area (Å²) in [5, 5.41) is 16.3. The number of hydrogen-bond donors (Lipinski definition) is 3. The lowest BCUT2D eigenvalue weighted by atomic mass is 10.1. The summed E-state index contributed by atoms with van der Waals surface area (Å²) in [5.74, 6) is 0.278. The molecule has 1 fully saturated rings. The molecule has 7 nitrogen and oxygen atoms in total. The van der Waals surface area contributed by atoms with Crippen molar-refractivity contribution in [2.24, 2.45) is 5.73 Å². The first-order valence-corrected chi connectivity index (χ1v) is 8.86. The number of fused-ring (bicyclic) bond motifs is 1. The van der Waals surface area contributed by atoms with Crippen LogP contribution in [0.3, 0.4) is 0 Å². The van der Waals surface area contributed by atoms with Crippen molar-refractivity contribution in [1.29, 1.82) is 0 Å². The van der Waals surface area contributed by atoms with Crippen molar-refractivity contribution < 1.29 is 24.2 Å². The molecule has 4 N–H and O–H groups in total. The smallest absolute Gasteiger partial charge is 0.352 e. The molecule has 1 aromatic heterocycles. The lowest BCUT2D eigenvalue weighted by molar-refractivity contribution is -0.135. The Morgan fingerprint density at radius 2 is 2.26 bits per heavy atom. The predicted octanol–water partition coefficient (Wildman–Crippen LogP) is 0.816. The van der Waals surface area contributed by atoms with Gasteiger partial charge in [-0.2, -0.15) is 0 Å². The first kappa shape index (κ1) is 17.9. The molecule has 3 heterocycles. The zero-order valence-electron chi connectivity index (χ0n) is 12.5. The molecule has 0 aromatic carbocycles. The van der Waals surface area contributed by atoms with Crippen LogP contribution in [0.4, 0.5) is 0 Å². The Labute approximate surface area is 141 Å². The summed E-state index contributed by atoms with van der Waals surface area (Å²) in [7, 11) is 1.00. The largest absolute Gasteiger partial charge is 0.477 e. The van der Waals surface area contributed by atoms with Gasteiger partial charge in [0.05, 0.1) is 17.7 Å². The van der Waals surface area contributed by atoms with Gasteiger partial charge in [-0.05, 0) is 17.7 Å². The number of nitrogens with zero attached hydrogens (tertiary/aromatic N) is 1. The van der Waals surface area contributed by atoms with Gasteiger partial charge in [0.2, 0.25) is 0 Å². The van der Waals surface area contributed by atoms with Crippen LogP contribution in [0.15, 0.2) is 34.1 Å². The number of carboxylic acids is 1. The lowest BCUT2D eigenvalue weighted by Gasteiger charge is -2.50. The molecule has 0 bridgehead atoms. The van der Waals surface area contributed by atoms with E-state index in [-0.39, 0.29) is 22.3 Å². The van der Waals surface area contributed by atoms with Crippen molar-refractivity contribution in [2.45, 2.75) is 11.4 Å². The number of aliphatic hydroxyl groups is 1. The number of thioether (sulfide) groups is 2. The minimum atomic E-state index is -0.951. The van der Waals surface area contributed by atoms with Crippen molar-refractivity contribution in [3.05, 3.63) is 35.4 Å². The number of carboxylic acid groups (broad SMARTS) is 1. The van der Waals surface area contributed by atoms with E-state index in [1.807, 2.05) is 4.90 Å². The zero-order chi connectivity index (χ0) is 17.0. The summed E-state index contributed by atoms with van der Waals surface area (Å²) in [6.45, 7) is 0.555. The van der Waals surface area contributed by atoms with Crippen molar-refractivity contribution in [3.63, 3.8) is 0 Å². The van der Waals surface area contributed by atoms with E-state index in [9.17, 15) is 14.7 Å². The fourth-order valence-electron chi connectivity index (χ4n) is 2.41. The molecule has 3 rings (SSSR count). The van der Waals surface area contributed by atoms with Crippen molar-refractivity contribution in [2.75, 3.05) is 25.2 Å². The van der Waals surface area contributed by atoms with E-state index in [2.05, 4.69) is 0 Å². The van der Waals surface area contributed by atoms with E-state index >= 15 is 0 Å². The topological polar surface area (TPSA) is 117 Å². The molecule has 126 valence electrons. The molecular formula is C14H18N2O5S2. The highest BCUT2D eigenvalue weighted by atomic mass is 32.2. The summed E-state index contributed by atoms with van der Waals surface area (Å²) in [4.78, 5) is 25.2. The van der Waals surface area contributed by atoms with Gasteiger partial charge in [0.1, 0.15) is 5.70 Å². The monoisotopic (exact) mass is 358 g/mol. The fraction of sp³-hybridized carbons (Fsp3) is 0.429. The molecule has 2 unspecified atom stereocenters. The van der Waals surface area contributed by atoms with Crippen LogP contribution < -0.4 is 5.73 Å². The van der Waals surface area contributed by atoms with Crippen molar-refractivity contribution in [3.8, 4) is 0 Å². The number of rotatable bonds is 4. The van der Waals surface area contributed by atoms with Gasteiger partial charge in [-0.25, -0.2) is 4.79 Å². The molecule has 0 spiro atoms. The van der Waals surface area contributed by atoms with Crippen LogP contribution >= 0.6 is 23.5 Å². The summed E-state index contributed by atoms with van der Waals surface area (Å²) in [6.07, 6.45) is 1.44. The Kier molecular flexibility index (Phi) is 6.17. The molecule has 9 heteroatoms. The number of carbonyl (C=O) groups is 2. The van der Waals surface area contributed by atoms with Gasteiger partial charge >= 0.3 is 5.97 Å². The number of nitrogens with two attached hydrogens (primary N) is 1. The Morgan fingerprint density at radius 3 is 2.83 bits per heavy atom. The van der Waals surface area contributed by atoms with Gasteiger partial charge < -0.3 is 25.3 Å².